The molecule has 5 rings (SSSR count). The Labute approximate surface area is 247 Å². The van der Waals surface area contributed by atoms with Gasteiger partial charge >= 0.3 is 0 Å². The normalized spacial score (nSPS) is 17.7. The number of fused-ring (bicyclic) bond motifs is 1. The molecular weight excluding hydrogens is 536 g/mol. The van der Waals surface area contributed by atoms with Crippen molar-refractivity contribution in [1.82, 2.24) is 9.80 Å². The summed E-state index contributed by atoms with van der Waals surface area (Å²) in [5.74, 6) is 0.821. The number of rotatable bonds is 9. The number of amides is 1. The van der Waals surface area contributed by atoms with Gasteiger partial charge in [0.2, 0.25) is 0 Å². The number of likely N-dealkylation sites (tertiary alicyclic amines) is 1. The Morgan fingerprint density at radius 3 is 2.48 bits per heavy atom. The van der Waals surface area contributed by atoms with Crippen LogP contribution in [0, 0.1) is 0 Å². The first-order valence-electron chi connectivity index (χ1n) is 14.7. The highest BCUT2D eigenvalue weighted by Gasteiger charge is 2.26. The molecule has 3 aromatic carbocycles. The molecule has 3 aromatic rings. The molecule has 0 saturated carbocycles. The molecule has 212 valence electrons. The van der Waals surface area contributed by atoms with E-state index >= 15 is 0 Å². The number of carbonyl (C=O) groups is 1. The van der Waals surface area contributed by atoms with E-state index in [0.29, 0.717) is 12.5 Å². The van der Waals surface area contributed by atoms with Crippen LogP contribution in [-0.4, -0.2) is 59.4 Å². The van der Waals surface area contributed by atoms with Crippen LogP contribution >= 0.6 is 11.6 Å². The zero-order chi connectivity index (χ0) is 28.1. The van der Waals surface area contributed by atoms with E-state index in [9.17, 15) is 9.00 Å². The molecule has 0 spiro atoms. The average molecular weight is 577 g/mol. The highest BCUT2D eigenvalue weighted by Crippen LogP contribution is 2.33. The summed E-state index contributed by atoms with van der Waals surface area (Å²) in [6.07, 6.45) is 9.36. The maximum absolute atomic E-state index is 13.7. The summed E-state index contributed by atoms with van der Waals surface area (Å²) in [6.45, 7) is 3.74. The van der Waals surface area contributed by atoms with Crippen molar-refractivity contribution in [3.8, 4) is 0 Å². The molecule has 1 saturated heterocycles. The summed E-state index contributed by atoms with van der Waals surface area (Å²) in [4.78, 5) is 19.1. The van der Waals surface area contributed by atoms with Crippen LogP contribution in [-0.2, 0) is 23.6 Å². The van der Waals surface area contributed by atoms with Crippen molar-refractivity contribution in [2.45, 2.75) is 61.7 Å². The lowest BCUT2D eigenvalue weighted by Crippen LogP contribution is -2.36. The van der Waals surface area contributed by atoms with Gasteiger partial charge in [0.25, 0.3) is 5.91 Å². The first-order chi connectivity index (χ1) is 19.4. The summed E-state index contributed by atoms with van der Waals surface area (Å²) >= 11 is 6.22. The molecule has 6 heteroatoms. The second-order valence-electron chi connectivity index (χ2n) is 11.5. The fourth-order valence-electron chi connectivity index (χ4n) is 6.58. The molecule has 1 fully saturated rings. The Bertz CT molecular complexity index is 1330. The molecule has 0 radical (unpaired) electrons. The highest BCUT2D eigenvalue weighted by atomic mass is 35.5. The Kier molecular flexibility index (Phi) is 9.77. The Morgan fingerprint density at radius 2 is 1.73 bits per heavy atom. The van der Waals surface area contributed by atoms with Gasteiger partial charge in [-0.2, -0.15) is 0 Å². The predicted molar refractivity (Wildman–Crippen MR) is 166 cm³/mol. The van der Waals surface area contributed by atoms with Crippen molar-refractivity contribution in [2.24, 2.45) is 0 Å². The molecule has 4 nitrogen and oxygen atoms in total. The molecule has 1 aliphatic carbocycles. The van der Waals surface area contributed by atoms with Crippen molar-refractivity contribution in [2.75, 3.05) is 39.5 Å². The zero-order valence-electron chi connectivity index (χ0n) is 23.8. The van der Waals surface area contributed by atoms with E-state index < -0.39 is 10.8 Å². The van der Waals surface area contributed by atoms with Gasteiger partial charge in [-0.1, -0.05) is 54.1 Å². The van der Waals surface area contributed by atoms with Crippen molar-refractivity contribution in [3.63, 3.8) is 0 Å². The third-order valence-electron chi connectivity index (χ3n) is 8.86. The third kappa shape index (κ3) is 6.87. The molecule has 0 aromatic heterocycles. The van der Waals surface area contributed by atoms with Gasteiger partial charge in [0.1, 0.15) is 0 Å². The van der Waals surface area contributed by atoms with Crippen molar-refractivity contribution in [1.29, 1.82) is 0 Å². The van der Waals surface area contributed by atoms with Crippen LogP contribution in [0.25, 0.3) is 0 Å². The largest absolute Gasteiger partial charge is 0.341 e. The van der Waals surface area contributed by atoms with E-state index in [1.807, 2.05) is 48.3 Å². The number of nitrogens with zero attached hydrogens (tertiary/aromatic N) is 2. The van der Waals surface area contributed by atoms with Crippen LogP contribution in [0.5, 0.6) is 0 Å². The number of aryl methyl sites for hydroxylation is 1. The number of hydrogen-bond donors (Lipinski definition) is 0. The topological polar surface area (TPSA) is 40.6 Å². The van der Waals surface area contributed by atoms with Gasteiger partial charge < -0.3 is 9.80 Å². The predicted octanol–water partition coefficient (Wildman–Crippen LogP) is 7.08. The molecule has 1 heterocycles. The van der Waals surface area contributed by atoms with Gasteiger partial charge in [-0.3, -0.25) is 9.00 Å². The number of halogens is 1. The lowest BCUT2D eigenvalue weighted by molar-refractivity contribution is 0.0780. The fraction of sp³-hybridized carbons (Fsp3) is 0.441. The summed E-state index contributed by atoms with van der Waals surface area (Å²) in [5, 5.41) is 0.734. The van der Waals surface area contributed by atoms with Crippen LogP contribution in [0.15, 0.2) is 71.6 Å². The molecule has 0 bridgehead atoms. The molecular formula is C34H41ClN2O2S. The molecule has 2 aliphatic rings. The Hall–Kier alpha value is -2.47. The van der Waals surface area contributed by atoms with E-state index in [2.05, 4.69) is 35.2 Å². The summed E-state index contributed by atoms with van der Waals surface area (Å²) in [7, 11) is 0.989. The van der Waals surface area contributed by atoms with Gasteiger partial charge in [0.05, 0.1) is 10.8 Å². The SMILES string of the molecule is CN(CC(CCN1CCC(c2ccccc2S(C)=O)CC1)c1ccc(Cl)cc1)C(=O)c1cccc2c1CCCC2. The monoisotopic (exact) mass is 576 g/mol. The van der Waals surface area contributed by atoms with Crippen LogP contribution in [0.4, 0.5) is 0 Å². The van der Waals surface area contributed by atoms with Crippen LogP contribution in [0.1, 0.15) is 76.6 Å². The lowest BCUT2D eigenvalue weighted by Gasteiger charge is -2.34. The summed E-state index contributed by atoms with van der Waals surface area (Å²) < 4.78 is 12.3. The minimum atomic E-state index is -0.963. The van der Waals surface area contributed by atoms with Gasteiger partial charge in [-0.15, -0.1) is 0 Å². The van der Waals surface area contributed by atoms with Crippen LogP contribution in [0.2, 0.25) is 5.02 Å². The van der Waals surface area contributed by atoms with E-state index in [1.165, 1.54) is 28.7 Å². The molecule has 40 heavy (non-hydrogen) atoms. The second-order valence-corrected chi connectivity index (χ2v) is 13.3. The van der Waals surface area contributed by atoms with Crippen LogP contribution < -0.4 is 0 Å². The Balaban J connectivity index is 1.24. The van der Waals surface area contributed by atoms with E-state index in [4.69, 9.17) is 11.6 Å². The number of carbonyl (C=O) groups excluding carboxylic acids is 1. The molecule has 2 atom stereocenters. The maximum Gasteiger partial charge on any atom is 0.253 e. The third-order valence-corrected chi connectivity index (χ3v) is 10.1. The maximum atomic E-state index is 13.7. The average Bonchev–Trinajstić information content (AvgIpc) is 2.99. The quantitative estimate of drug-likeness (QED) is 0.273. The molecule has 2 unspecified atom stereocenters. The number of piperidine rings is 1. The minimum absolute atomic E-state index is 0.130. The highest BCUT2D eigenvalue weighted by molar-refractivity contribution is 7.84. The van der Waals surface area contributed by atoms with Crippen molar-refractivity contribution >= 4 is 28.3 Å². The first kappa shape index (κ1) is 29.0. The second kappa shape index (κ2) is 13.5. The standard InChI is InChI=1S/C34H41ClN2O2S/c1-36(34(38)32-12-7-9-26-8-3-4-10-30(26)32)24-28(25-14-16-29(35)17-15-25)20-23-37-21-18-27(19-22-37)31-11-5-6-13-33(31)40(2)39/h5-7,9,11-17,27-28H,3-4,8,10,18-24H2,1-2H3. The van der Waals surface area contributed by atoms with E-state index in [0.717, 1.165) is 73.6 Å². The van der Waals surface area contributed by atoms with Gasteiger partial charge in [-0.05, 0) is 117 Å². The fourth-order valence-corrected chi connectivity index (χ4v) is 7.55. The number of benzene rings is 3. The van der Waals surface area contributed by atoms with Crippen LogP contribution in [0.3, 0.4) is 0 Å². The summed E-state index contributed by atoms with van der Waals surface area (Å²) in [5.41, 5.74) is 5.96. The van der Waals surface area contributed by atoms with Crippen molar-refractivity contribution in [3.05, 3.63) is 99.6 Å². The zero-order valence-corrected chi connectivity index (χ0v) is 25.4. The van der Waals surface area contributed by atoms with Gasteiger partial charge in [-0.25, -0.2) is 0 Å². The number of hydrogen-bond acceptors (Lipinski definition) is 3. The molecule has 0 N–H and O–H groups in total. The first-order valence-corrected chi connectivity index (χ1v) is 16.6. The van der Waals surface area contributed by atoms with Crippen molar-refractivity contribution < 1.29 is 9.00 Å². The number of likely N-dealkylation sites (N-methyl/N-ethyl adjacent to an activating group) is 1. The summed E-state index contributed by atoms with van der Waals surface area (Å²) in [6, 6.07) is 22.6. The van der Waals surface area contributed by atoms with E-state index in [1.54, 1.807) is 6.26 Å². The van der Waals surface area contributed by atoms with Gasteiger partial charge in [0, 0.05) is 41.2 Å². The van der Waals surface area contributed by atoms with E-state index in [-0.39, 0.29) is 11.8 Å². The lowest BCUT2D eigenvalue weighted by atomic mass is 9.87. The Morgan fingerprint density at radius 1 is 1.00 bits per heavy atom. The van der Waals surface area contributed by atoms with Gasteiger partial charge in [0.15, 0.2) is 0 Å². The minimum Gasteiger partial charge on any atom is -0.341 e. The molecule has 1 amide bonds. The smallest absolute Gasteiger partial charge is 0.253 e. The molecule has 1 aliphatic heterocycles.